The number of anilines is 2. The molecule has 0 bridgehead atoms. The molecule has 0 radical (unpaired) electrons. The van der Waals surface area contributed by atoms with Crippen LogP contribution in [0.3, 0.4) is 0 Å². The highest BCUT2D eigenvalue weighted by atomic mass is 16.5. The monoisotopic (exact) mass is 250 g/mol. The Hall–Kier alpha value is -1.52. The van der Waals surface area contributed by atoms with Crippen molar-refractivity contribution in [3.05, 3.63) is 6.33 Å². The molecular weight excluding hydrogens is 228 g/mol. The molecule has 0 atom stereocenters. The van der Waals surface area contributed by atoms with Crippen LogP contribution < -0.4 is 15.4 Å². The minimum absolute atomic E-state index is 0.0619. The normalized spacial score (nSPS) is 16.2. The average molecular weight is 250 g/mol. The number of ether oxygens (including phenoxy) is 1. The van der Waals surface area contributed by atoms with Crippen LogP contribution in [0.5, 0.6) is 5.88 Å². The zero-order valence-electron chi connectivity index (χ0n) is 11.4. The summed E-state index contributed by atoms with van der Waals surface area (Å²) in [4.78, 5) is 10.6. The molecule has 2 rings (SSSR count). The van der Waals surface area contributed by atoms with Crippen LogP contribution in [0.4, 0.5) is 11.5 Å². The number of nitrogens with zero attached hydrogens (tertiary/aromatic N) is 3. The second-order valence-electron chi connectivity index (χ2n) is 5.13. The van der Waals surface area contributed by atoms with Crippen LogP contribution >= 0.6 is 0 Å². The van der Waals surface area contributed by atoms with E-state index in [1.807, 2.05) is 20.9 Å². The number of nitrogen functional groups attached to an aromatic ring is 1. The second kappa shape index (κ2) is 5.42. The number of hydrogen-bond acceptors (Lipinski definition) is 5. The lowest BCUT2D eigenvalue weighted by Gasteiger charge is -2.26. The quantitative estimate of drug-likeness (QED) is 0.887. The zero-order valence-corrected chi connectivity index (χ0v) is 11.4. The lowest BCUT2D eigenvalue weighted by molar-refractivity contribution is 0.234. The van der Waals surface area contributed by atoms with Gasteiger partial charge in [-0.15, -0.1) is 0 Å². The summed E-state index contributed by atoms with van der Waals surface area (Å²) in [5.74, 6) is 1.27. The van der Waals surface area contributed by atoms with Gasteiger partial charge in [0.25, 0.3) is 0 Å². The molecule has 1 fully saturated rings. The van der Waals surface area contributed by atoms with Crippen molar-refractivity contribution >= 4 is 11.5 Å². The van der Waals surface area contributed by atoms with E-state index in [2.05, 4.69) is 14.9 Å². The summed E-state index contributed by atoms with van der Waals surface area (Å²) in [6.07, 6.45) is 6.58. The van der Waals surface area contributed by atoms with E-state index in [-0.39, 0.29) is 6.10 Å². The van der Waals surface area contributed by atoms with E-state index in [4.69, 9.17) is 10.5 Å². The summed E-state index contributed by atoms with van der Waals surface area (Å²) in [5.41, 5.74) is 6.65. The van der Waals surface area contributed by atoms with Gasteiger partial charge in [0.05, 0.1) is 6.10 Å². The van der Waals surface area contributed by atoms with Gasteiger partial charge in [0.1, 0.15) is 12.0 Å². The van der Waals surface area contributed by atoms with E-state index in [0.29, 0.717) is 17.6 Å². The first-order valence-electron chi connectivity index (χ1n) is 6.59. The summed E-state index contributed by atoms with van der Waals surface area (Å²) in [7, 11) is 2.05. The number of nitrogens with two attached hydrogens (primary N) is 1. The third-order valence-electron chi connectivity index (χ3n) is 3.38. The van der Waals surface area contributed by atoms with Crippen molar-refractivity contribution in [1.29, 1.82) is 0 Å². The number of rotatable bonds is 4. The molecule has 1 aliphatic rings. The molecular formula is C13H22N4O. The first-order chi connectivity index (χ1) is 8.59. The first-order valence-corrected chi connectivity index (χ1v) is 6.59. The smallest absolute Gasteiger partial charge is 0.242 e. The molecule has 0 unspecified atom stereocenters. The van der Waals surface area contributed by atoms with Gasteiger partial charge in [0, 0.05) is 13.1 Å². The van der Waals surface area contributed by atoms with Crippen LogP contribution in [-0.4, -0.2) is 29.2 Å². The summed E-state index contributed by atoms with van der Waals surface area (Å²) in [5, 5.41) is 0. The van der Waals surface area contributed by atoms with E-state index < -0.39 is 0 Å². The fourth-order valence-corrected chi connectivity index (χ4v) is 2.43. The molecule has 1 heterocycles. The molecule has 18 heavy (non-hydrogen) atoms. The standard InChI is InChI=1S/C13H22N4O/c1-9(2)18-13-11(14)12(15-8-16-13)17(3)10-6-4-5-7-10/h8-10H,4-7,14H2,1-3H3. The minimum atomic E-state index is 0.0619. The van der Waals surface area contributed by atoms with Crippen LogP contribution in [0.1, 0.15) is 39.5 Å². The third-order valence-corrected chi connectivity index (χ3v) is 3.38. The molecule has 0 amide bonds. The maximum Gasteiger partial charge on any atom is 0.242 e. The lowest BCUT2D eigenvalue weighted by atomic mass is 10.2. The highest BCUT2D eigenvalue weighted by Crippen LogP contribution is 2.32. The van der Waals surface area contributed by atoms with Crippen LogP contribution in [-0.2, 0) is 0 Å². The van der Waals surface area contributed by atoms with Crippen molar-refractivity contribution < 1.29 is 4.74 Å². The molecule has 0 aliphatic heterocycles. The van der Waals surface area contributed by atoms with Crippen LogP contribution in [0.15, 0.2) is 6.33 Å². The molecule has 0 saturated heterocycles. The Morgan fingerprint density at radius 2 is 2.00 bits per heavy atom. The van der Waals surface area contributed by atoms with Gasteiger partial charge in [-0.25, -0.2) is 4.98 Å². The Labute approximate surface area is 108 Å². The van der Waals surface area contributed by atoms with Gasteiger partial charge in [0.15, 0.2) is 5.82 Å². The largest absolute Gasteiger partial charge is 0.473 e. The van der Waals surface area contributed by atoms with Gasteiger partial charge < -0.3 is 15.4 Å². The lowest BCUT2D eigenvalue weighted by Crippen LogP contribution is -2.30. The van der Waals surface area contributed by atoms with E-state index >= 15 is 0 Å². The molecule has 1 aromatic heterocycles. The average Bonchev–Trinajstić information content (AvgIpc) is 2.84. The topological polar surface area (TPSA) is 64.3 Å². The van der Waals surface area contributed by atoms with Gasteiger partial charge in [-0.2, -0.15) is 4.98 Å². The third kappa shape index (κ3) is 2.66. The molecule has 5 nitrogen and oxygen atoms in total. The molecule has 0 aromatic carbocycles. The number of hydrogen-bond donors (Lipinski definition) is 1. The Balaban J connectivity index is 2.21. The van der Waals surface area contributed by atoms with Crippen molar-refractivity contribution in [3.63, 3.8) is 0 Å². The van der Waals surface area contributed by atoms with Crippen molar-refractivity contribution in [3.8, 4) is 5.88 Å². The Kier molecular flexibility index (Phi) is 3.89. The maximum absolute atomic E-state index is 6.11. The van der Waals surface area contributed by atoms with E-state index in [1.165, 1.54) is 32.0 Å². The van der Waals surface area contributed by atoms with Crippen molar-refractivity contribution in [2.75, 3.05) is 17.7 Å². The predicted molar refractivity (Wildman–Crippen MR) is 72.9 cm³/mol. The van der Waals surface area contributed by atoms with Crippen LogP contribution in [0.25, 0.3) is 0 Å². The molecule has 5 heteroatoms. The summed E-state index contributed by atoms with van der Waals surface area (Å²) >= 11 is 0. The first kappa shape index (κ1) is 12.9. The zero-order chi connectivity index (χ0) is 13.1. The highest BCUT2D eigenvalue weighted by molar-refractivity contribution is 5.67. The SMILES string of the molecule is CC(C)Oc1ncnc(N(C)C2CCCC2)c1N. The summed E-state index contributed by atoms with van der Waals surface area (Å²) < 4.78 is 5.60. The van der Waals surface area contributed by atoms with E-state index in [1.54, 1.807) is 0 Å². The van der Waals surface area contributed by atoms with Crippen molar-refractivity contribution in [2.24, 2.45) is 0 Å². The van der Waals surface area contributed by atoms with E-state index in [9.17, 15) is 0 Å². The van der Waals surface area contributed by atoms with Crippen molar-refractivity contribution in [1.82, 2.24) is 9.97 Å². The van der Waals surface area contributed by atoms with E-state index in [0.717, 1.165) is 5.82 Å². The molecule has 0 spiro atoms. The molecule has 1 saturated carbocycles. The fourth-order valence-electron chi connectivity index (χ4n) is 2.43. The van der Waals surface area contributed by atoms with Crippen LogP contribution in [0, 0.1) is 0 Å². The van der Waals surface area contributed by atoms with Crippen molar-refractivity contribution in [2.45, 2.75) is 51.7 Å². The minimum Gasteiger partial charge on any atom is -0.473 e. The summed E-state index contributed by atoms with van der Waals surface area (Å²) in [6.45, 7) is 3.92. The van der Waals surface area contributed by atoms with Gasteiger partial charge in [-0.05, 0) is 26.7 Å². The summed E-state index contributed by atoms with van der Waals surface area (Å²) in [6, 6.07) is 0.536. The fraction of sp³-hybridized carbons (Fsp3) is 0.692. The molecule has 2 N–H and O–H groups in total. The molecule has 1 aromatic rings. The Bertz CT molecular complexity index is 402. The van der Waals surface area contributed by atoms with Gasteiger partial charge in [0.2, 0.25) is 5.88 Å². The molecule has 100 valence electrons. The molecule has 1 aliphatic carbocycles. The Morgan fingerprint density at radius 1 is 1.33 bits per heavy atom. The highest BCUT2D eigenvalue weighted by Gasteiger charge is 2.23. The number of aromatic nitrogens is 2. The van der Waals surface area contributed by atoms with Gasteiger partial charge >= 0.3 is 0 Å². The van der Waals surface area contributed by atoms with Gasteiger partial charge in [-0.3, -0.25) is 0 Å². The maximum atomic E-state index is 6.11. The predicted octanol–water partition coefficient (Wildman–Crippen LogP) is 2.22. The van der Waals surface area contributed by atoms with Gasteiger partial charge in [-0.1, -0.05) is 12.8 Å². The van der Waals surface area contributed by atoms with Crippen LogP contribution in [0.2, 0.25) is 0 Å². The second-order valence-corrected chi connectivity index (χ2v) is 5.13. The Morgan fingerprint density at radius 3 is 2.61 bits per heavy atom.